The van der Waals surface area contributed by atoms with E-state index in [0.717, 1.165) is 40.3 Å². The summed E-state index contributed by atoms with van der Waals surface area (Å²) >= 11 is 0. The minimum Gasteiger partial charge on any atom is -0.465 e. The first-order valence-electron chi connectivity index (χ1n) is 20.0. The largest absolute Gasteiger partial charge is 0.465 e. The number of ether oxygens (including phenoxy) is 2. The van der Waals surface area contributed by atoms with Crippen molar-refractivity contribution in [2.75, 3.05) is 25.1 Å². The van der Waals surface area contributed by atoms with Crippen molar-refractivity contribution >= 4 is 45.9 Å². The van der Waals surface area contributed by atoms with E-state index in [1.807, 2.05) is 79.7 Å². The summed E-state index contributed by atoms with van der Waals surface area (Å²) in [7, 11) is 0. The van der Waals surface area contributed by atoms with Crippen LogP contribution in [0.3, 0.4) is 0 Å². The number of amides is 1. The fourth-order valence-corrected chi connectivity index (χ4v) is 10.5. The Morgan fingerprint density at radius 3 is 2.40 bits per heavy atom. The quantitative estimate of drug-likeness (QED) is 0.162. The normalized spacial score (nSPS) is 29.4. The van der Waals surface area contributed by atoms with E-state index >= 15 is 0 Å². The molecule has 0 spiro atoms. The number of ketones is 2. The lowest BCUT2D eigenvalue weighted by Crippen LogP contribution is -2.61. The Hall–Kier alpha value is -4.97. The number of Topliss-reactive ketones (excluding diaryl/α,β-unsaturated/α-hetero) is 1. The van der Waals surface area contributed by atoms with Crippen molar-refractivity contribution in [1.82, 2.24) is 0 Å². The van der Waals surface area contributed by atoms with Gasteiger partial charge in [-0.05, 0) is 90.1 Å². The van der Waals surface area contributed by atoms with E-state index in [9.17, 15) is 34.2 Å². The third kappa shape index (κ3) is 7.72. The number of esters is 2. The number of fused-ring (bicyclic) bond motifs is 6. The summed E-state index contributed by atoms with van der Waals surface area (Å²) in [6.45, 7) is 3.52. The Morgan fingerprint density at radius 2 is 1.67 bits per heavy atom. The maximum absolute atomic E-state index is 13.6. The number of benzene rings is 3. The lowest BCUT2D eigenvalue weighted by molar-refractivity contribution is -0.181. The number of anilines is 1. The van der Waals surface area contributed by atoms with Crippen molar-refractivity contribution in [2.45, 2.75) is 82.8 Å². The monoisotopic (exact) mass is 776 g/mol. The van der Waals surface area contributed by atoms with E-state index in [0.29, 0.717) is 18.5 Å². The van der Waals surface area contributed by atoms with Gasteiger partial charge >= 0.3 is 11.9 Å². The molecule has 5 N–H and O–H groups in total. The molecule has 0 bridgehead atoms. The van der Waals surface area contributed by atoms with Crippen molar-refractivity contribution in [3.63, 3.8) is 0 Å². The lowest BCUT2D eigenvalue weighted by atomic mass is 9.46. The molecule has 4 aliphatic carbocycles. The standard InChI is InChI=1S/C46H52N2O9/c1-44-20-17-34(49)24-32(44)12-14-35-37-18-21-46(55,45(37,2)25-38(50)42(35)44)39(51)27-57-41(53)16-15-40(52)56-22-19-28-7-9-30(10-8-28)36(26-47)43(54)48-33-13-11-29-5-3-4-6-31(29)23-33/h3-11,13,17,20,23-24,35-38,42,50,55H,12,14-16,18-19,21-22,25-27,47H2,1-2H3,(H,48,54)/t35-,36?,37-,38-,42+,44-,45-,46-/m0/s1. The highest BCUT2D eigenvalue weighted by Gasteiger charge is 2.68. The zero-order valence-corrected chi connectivity index (χ0v) is 32.6. The molecule has 0 heterocycles. The van der Waals surface area contributed by atoms with Crippen LogP contribution in [0.15, 0.2) is 90.5 Å². The van der Waals surface area contributed by atoms with Crippen LogP contribution >= 0.6 is 0 Å². The molecule has 57 heavy (non-hydrogen) atoms. The van der Waals surface area contributed by atoms with Crippen LogP contribution in [0.1, 0.15) is 75.8 Å². The third-order valence-electron chi connectivity index (χ3n) is 13.6. The number of carbonyl (C=O) groups is 5. The summed E-state index contributed by atoms with van der Waals surface area (Å²) in [5.41, 5.74) is 6.23. The van der Waals surface area contributed by atoms with Gasteiger partial charge in [-0.2, -0.15) is 0 Å². The molecule has 8 atom stereocenters. The van der Waals surface area contributed by atoms with Gasteiger partial charge in [0, 0.05) is 35.4 Å². The van der Waals surface area contributed by atoms with Crippen molar-refractivity contribution in [3.05, 3.63) is 102 Å². The minimum absolute atomic E-state index is 0.0244. The molecule has 3 fully saturated rings. The predicted molar refractivity (Wildman–Crippen MR) is 214 cm³/mol. The molecule has 0 saturated heterocycles. The maximum atomic E-state index is 13.6. The molecule has 300 valence electrons. The Balaban J connectivity index is 0.842. The molecule has 1 unspecified atom stereocenters. The van der Waals surface area contributed by atoms with E-state index in [1.54, 1.807) is 12.2 Å². The maximum Gasteiger partial charge on any atom is 0.306 e. The lowest BCUT2D eigenvalue weighted by Gasteiger charge is -2.59. The summed E-state index contributed by atoms with van der Waals surface area (Å²) in [6.07, 6.45) is 6.80. The Morgan fingerprint density at radius 1 is 0.947 bits per heavy atom. The van der Waals surface area contributed by atoms with Crippen molar-refractivity contribution in [2.24, 2.45) is 34.3 Å². The van der Waals surface area contributed by atoms with Gasteiger partial charge in [0.25, 0.3) is 0 Å². The van der Waals surface area contributed by atoms with Gasteiger partial charge in [0.2, 0.25) is 11.7 Å². The number of allylic oxidation sites excluding steroid dienone is 4. The molecular weight excluding hydrogens is 725 g/mol. The molecule has 11 heteroatoms. The molecule has 0 radical (unpaired) electrons. The van der Waals surface area contributed by atoms with Crippen LogP contribution in [0.4, 0.5) is 5.69 Å². The van der Waals surface area contributed by atoms with Crippen LogP contribution in [0.25, 0.3) is 10.8 Å². The zero-order chi connectivity index (χ0) is 40.5. The number of carbonyl (C=O) groups excluding carboxylic acids is 5. The molecule has 7 rings (SSSR count). The highest BCUT2D eigenvalue weighted by molar-refractivity contribution is 6.01. The Bertz CT molecular complexity index is 2130. The van der Waals surface area contributed by atoms with Gasteiger partial charge in [-0.1, -0.05) is 80.1 Å². The summed E-state index contributed by atoms with van der Waals surface area (Å²) < 4.78 is 10.6. The first kappa shape index (κ1) is 40.2. The second kappa shape index (κ2) is 16.1. The SMILES string of the molecule is C[C@]12C=CC(=O)C=C1CC[C@@H]1[C@@H]2[C@@H](O)C[C@@]2(C)[C@H]1CC[C@]2(O)C(=O)COC(=O)CCC(=O)OCCc1ccc(C(CN)C(=O)Nc2ccc3ccccc3c2)cc1. The molecule has 11 nitrogen and oxygen atoms in total. The van der Waals surface area contributed by atoms with Crippen LogP contribution in [-0.4, -0.2) is 71.1 Å². The molecule has 4 aliphatic rings. The van der Waals surface area contributed by atoms with E-state index in [4.69, 9.17) is 15.2 Å². The first-order chi connectivity index (χ1) is 27.3. The average molecular weight is 777 g/mol. The number of nitrogens with two attached hydrogens (primary N) is 1. The number of hydrogen-bond acceptors (Lipinski definition) is 10. The van der Waals surface area contributed by atoms with E-state index in [1.165, 1.54) is 0 Å². The zero-order valence-electron chi connectivity index (χ0n) is 32.6. The van der Waals surface area contributed by atoms with Gasteiger partial charge in [0.15, 0.2) is 12.4 Å². The number of aliphatic hydroxyl groups is 2. The van der Waals surface area contributed by atoms with Gasteiger partial charge in [-0.15, -0.1) is 0 Å². The molecule has 3 aromatic carbocycles. The number of rotatable bonds is 13. The second-order valence-electron chi connectivity index (χ2n) is 16.7. The highest BCUT2D eigenvalue weighted by atomic mass is 16.5. The number of aliphatic hydroxyl groups excluding tert-OH is 1. The smallest absolute Gasteiger partial charge is 0.306 e. The van der Waals surface area contributed by atoms with Crippen molar-refractivity contribution in [1.29, 1.82) is 0 Å². The molecular formula is C46H52N2O9. The molecule has 1 amide bonds. The van der Waals surface area contributed by atoms with E-state index in [-0.39, 0.29) is 68.3 Å². The fourth-order valence-electron chi connectivity index (χ4n) is 10.5. The third-order valence-corrected chi connectivity index (χ3v) is 13.6. The Kier molecular flexibility index (Phi) is 11.4. The highest BCUT2D eigenvalue weighted by Crippen LogP contribution is 2.67. The second-order valence-corrected chi connectivity index (χ2v) is 16.7. The van der Waals surface area contributed by atoms with Gasteiger partial charge in [-0.25, -0.2) is 0 Å². The van der Waals surface area contributed by atoms with Crippen LogP contribution in [0, 0.1) is 28.6 Å². The Labute approximate surface area is 332 Å². The van der Waals surface area contributed by atoms with Crippen LogP contribution in [0.2, 0.25) is 0 Å². The molecule has 3 aromatic rings. The van der Waals surface area contributed by atoms with Gasteiger partial charge in [-0.3, -0.25) is 24.0 Å². The van der Waals surface area contributed by atoms with Crippen LogP contribution in [-0.2, 0) is 39.9 Å². The molecule has 0 aromatic heterocycles. The number of nitrogens with one attached hydrogen (secondary N) is 1. The van der Waals surface area contributed by atoms with Gasteiger partial charge in [0.05, 0.1) is 31.5 Å². The average Bonchev–Trinajstić information content (AvgIpc) is 3.47. The molecule has 3 saturated carbocycles. The molecule has 0 aliphatic heterocycles. The summed E-state index contributed by atoms with van der Waals surface area (Å²) in [4.78, 5) is 63.8. The summed E-state index contributed by atoms with van der Waals surface area (Å²) in [6, 6.07) is 21.0. The topological polar surface area (TPSA) is 182 Å². The van der Waals surface area contributed by atoms with Crippen molar-refractivity contribution < 1.29 is 43.7 Å². The van der Waals surface area contributed by atoms with Crippen LogP contribution in [0.5, 0.6) is 0 Å². The van der Waals surface area contributed by atoms with Gasteiger partial charge < -0.3 is 30.7 Å². The summed E-state index contributed by atoms with van der Waals surface area (Å²) in [5.74, 6) is -2.85. The van der Waals surface area contributed by atoms with Crippen LogP contribution < -0.4 is 11.1 Å². The van der Waals surface area contributed by atoms with E-state index in [2.05, 4.69) is 12.2 Å². The predicted octanol–water partition coefficient (Wildman–Crippen LogP) is 5.51. The minimum atomic E-state index is -1.77. The number of hydrogen-bond donors (Lipinski definition) is 4. The first-order valence-corrected chi connectivity index (χ1v) is 20.0. The van der Waals surface area contributed by atoms with Gasteiger partial charge in [0.1, 0.15) is 5.60 Å². The fraction of sp³-hybridized carbons (Fsp3) is 0.457. The van der Waals surface area contributed by atoms with E-state index < -0.39 is 52.8 Å². The van der Waals surface area contributed by atoms with Crippen molar-refractivity contribution in [3.8, 4) is 0 Å². The summed E-state index contributed by atoms with van der Waals surface area (Å²) in [5, 5.41) is 28.6.